The average molecular weight is 396 g/mol. The molecular weight excluding hydrogens is 366 g/mol. The lowest BCUT2D eigenvalue weighted by atomic mass is 9.70. The molecule has 0 amide bonds. The summed E-state index contributed by atoms with van der Waals surface area (Å²) in [5.74, 6) is 0.942. The van der Waals surface area contributed by atoms with Gasteiger partial charge in [-0.05, 0) is 41.9 Å². The Kier molecular flexibility index (Phi) is 5.40. The number of hydrogen-bond acceptors (Lipinski definition) is 5. The Balaban J connectivity index is 1.72. The summed E-state index contributed by atoms with van der Waals surface area (Å²) in [5.41, 5.74) is -0.204. The molecule has 1 aromatic rings. The number of methoxy groups -OCH3 is 2. The zero-order valence-corrected chi connectivity index (χ0v) is 17.3. The smallest absolute Gasteiger partial charge is 0.212 e. The number of Topliss-reactive ketones (excluding diaryl/α,β-unsaturated/α-hetero) is 1. The molecule has 0 aromatic heterocycles. The van der Waals surface area contributed by atoms with Gasteiger partial charge in [0.15, 0.2) is 0 Å². The van der Waals surface area contributed by atoms with E-state index < -0.39 is 21.5 Å². The van der Waals surface area contributed by atoms with E-state index in [0.29, 0.717) is 24.5 Å². The highest BCUT2D eigenvalue weighted by molar-refractivity contribution is 7.89. The zero-order chi connectivity index (χ0) is 19.9. The highest BCUT2D eigenvalue weighted by atomic mass is 32.2. The molecule has 2 aliphatic carbocycles. The van der Waals surface area contributed by atoms with Crippen LogP contribution in [0.3, 0.4) is 0 Å². The maximum Gasteiger partial charge on any atom is 0.212 e. The van der Waals surface area contributed by atoms with Crippen molar-refractivity contribution in [3.05, 3.63) is 29.8 Å². The predicted octanol–water partition coefficient (Wildman–Crippen LogP) is 2.70. The minimum absolute atomic E-state index is 0.102. The molecule has 0 saturated heterocycles. The Morgan fingerprint density at radius 3 is 2.59 bits per heavy atom. The molecule has 0 spiro atoms. The third kappa shape index (κ3) is 3.52. The number of rotatable bonds is 8. The number of fused-ring (bicyclic) bond motifs is 2. The Morgan fingerprint density at radius 1 is 1.30 bits per heavy atom. The molecular formula is C20H29NO5S. The number of sulfonamides is 1. The van der Waals surface area contributed by atoms with Crippen LogP contribution in [0, 0.1) is 16.7 Å². The van der Waals surface area contributed by atoms with Gasteiger partial charge in [-0.1, -0.05) is 26.0 Å². The molecule has 2 bridgehead atoms. The molecule has 2 fully saturated rings. The average Bonchev–Trinajstić information content (AvgIpc) is 2.96. The van der Waals surface area contributed by atoms with Crippen molar-refractivity contribution < 1.29 is 22.7 Å². The van der Waals surface area contributed by atoms with Gasteiger partial charge in [-0.2, -0.15) is 0 Å². The predicted molar refractivity (Wildman–Crippen MR) is 103 cm³/mol. The summed E-state index contributed by atoms with van der Waals surface area (Å²) in [7, 11) is -0.498. The first kappa shape index (κ1) is 20.3. The third-order valence-electron chi connectivity index (χ3n) is 6.81. The van der Waals surface area contributed by atoms with Crippen LogP contribution in [0.4, 0.5) is 0 Å². The quantitative estimate of drug-likeness (QED) is 0.732. The van der Waals surface area contributed by atoms with Gasteiger partial charge in [-0.25, -0.2) is 13.1 Å². The van der Waals surface area contributed by atoms with Gasteiger partial charge in [-0.3, -0.25) is 4.79 Å². The van der Waals surface area contributed by atoms with Crippen LogP contribution in [0.15, 0.2) is 24.3 Å². The van der Waals surface area contributed by atoms with Gasteiger partial charge in [0.05, 0.1) is 19.0 Å². The standard InChI is InChI=1S/C20H29NO5S/c1-19(2)15-8-9-20(19,18(22)11-15)13-27(23,24)21-12-17(26-4)14-6-5-7-16(10-14)25-3/h5-7,10,15,17,21H,8-9,11-13H2,1-4H3. The van der Waals surface area contributed by atoms with Gasteiger partial charge in [0, 0.05) is 25.5 Å². The molecule has 6 nitrogen and oxygen atoms in total. The van der Waals surface area contributed by atoms with Crippen LogP contribution in [0.25, 0.3) is 0 Å². The lowest BCUT2D eigenvalue weighted by molar-refractivity contribution is -0.128. The monoisotopic (exact) mass is 395 g/mol. The van der Waals surface area contributed by atoms with Crippen LogP contribution in [0.5, 0.6) is 5.75 Å². The van der Waals surface area contributed by atoms with E-state index >= 15 is 0 Å². The SMILES string of the molecule is COc1cccc(C(CNS(=O)(=O)CC23CCC(CC2=O)C3(C)C)OC)c1. The van der Waals surface area contributed by atoms with Crippen LogP contribution in [-0.4, -0.2) is 40.7 Å². The molecule has 0 aliphatic heterocycles. The van der Waals surface area contributed by atoms with Crippen molar-refractivity contribution in [2.45, 2.75) is 39.2 Å². The van der Waals surface area contributed by atoms with E-state index in [1.54, 1.807) is 14.2 Å². The summed E-state index contributed by atoms with van der Waals surface area (Å²) >= 11 is 0. The molecule has 0 radical (unpaired) electrons. The fraction of sp³-hybridized carbons (Fsp3) is 0.650. The van der Waals surface area contributed by atoms with Crippen LogP contribution in [0.2, 0.25) is 0 Å². The van der Waals surface area contributed by atoms with Gasteiger partial charge < -0.3 is 9.47 Å². The fourth-order valence-electron chi connectivity index (χ4n) is 4.87. The van der Waals surface area contributed by atoms with Crippen LogP contribution >= 0.6 is 0 Å². The summed E-state index contributed by atoms with van der Waals surface area (Å²) < 4.78 is 39.0. The fourth-order valence-corrected chi connectivity index (χ4v) is 6.70. The van der Waals surface area contributed by atoms with Gasteiger partial charge in [0.25, 0.3) is 0 Å². The highest BCUT2D eigenvalue weighted by Crippen LogP contribution is 2.64. The first-order chi connectivity index (χ1) is 12.6. The van der Waals surface area contributed by atoms with E-state index in [9.17, 15) is 13.2 Å². The minimum Gasteiger partial charge on any atom is -0.497 e. The molecule has 1 N–H and O–H groups in total. The second kappa shape index (κ2) is 7.18. The summed E-state index contributed by atoms with van der Waals surface area (Å²) in [5, 5.41) is 0. The zero-order valence-electron chi connectivity index (χ0n) is 16.4. The number of benzene rings is 1. The van der Waals surface area contributed by atoms with Crippen LogP contribution < -0.4 is 9.46 Å². The van der Waals surface area contributed by atoms with Crippen molar-refractivity contribution in [2.75, 3.05) is 26.5 Å². The molecule has 3 rings (SSSR count). The molecule has 27 heavy (non-hydrogen) atoms. The maximum absolute atomic E-state index is 12.8. The van der Waals surface area contributed by atoms with E-state index in [0.717, 1.165) is 12.0 Å². The number of ether oxygens (including phenoxy) is 2. The Bertz CT molecular complexity index is 819. The van der Waals surface area contributed by atoms with Crippen molar-refractivity contribution >= 4 is 15.8 Å². The summed E-state index contributed by atoms with van der Waals surface area (Å²) in [4.78, 5) is 12.6. The lowest BCUT2D eigenvalue weighted by Gasteiger charge is -2.36. The maximum atomic E-state index is 12.8. The molecule has 150 valence electrons. The van der Waals surface area contributed by atoms with E-state index in [4.69, 9.17) is 9.47 Å². The Morgan fingerprint density at radius 2 is 2.04 bits per heavy atom. The van der Waals surface area contributed by atoms with Crippen LogP contribution in [-0.2, 0) is 19.6 Å². The molecule has 3 atom stereocenters. The second-order valence-corrected chi connectivity index (χ2v) is 10.1. The van der Waals surface area contributed by atoms with E-state index in [1.165, 1.54) is 0 Å². The molecule has 2 aliphatic rings. The van der Waals surface area contributed by atoms with Crippen molar-refractivity contribution in [3.63, 3.8) is 0 Å². The molecule has 0 heterocycles. The summed E-state index contributed by atoms with van der Waals surface area (Å²) in [6.07, 6.45) is 1.66. The Hall–Kier alpha value is -1.44. The van der Waals surface area contributed by atoms with Gasteiger partial charge in [0.1, 0.15) is 11.5 Å². The van der Waals surface area contributed by atoms with E-state index in [2.05, 4.69) is 4.72 Å². The van der Waals surface area contributed by atoms with Gasteiger partial charge in [0.2, 0.25) is 10.0 Å². The third-order valence-corrected chi connectivity index (χ3v) is 8.29. The van der Waals surface area contributed by atoms with Gasteiger partial charge in [-0.15, -0.1) is 0 Å². The molecule has 1 aromatic carbocycles. The number of carbonyl (C=O) groups excluding carboxylic acids is 1. The molecule has 7 heteroatoms. The largest absolute Gasteiger partial charge is 0.497 e. The van der Waals surface area contributed by atoms with Crippen molar-refractivity contribution in [2.24, 2.45) is 16.7 Å². The topological polar surface area (TPSA) is 81.7 Å². The highest BCUT2D eigenvalue weighted by Gasteiger charge is 2.65. The van der Waals surface area contributed by atoms with Crippen molar-refractivity contribution in [1.82, 2.24) is 4.72 Å². The lowest BCUT2D eigenvalue weighted by Crippen LogP contribution is -2.46. The molecule has 2 saturated carbocycles. The normalized spacial score (nSPS) is 27.7. The Labute approximate surface area is 161 Å². The number of carbonyl (C=O) groups is 1. The first-order valence-electron chi connectivity index (χ1n) is 9.32. The number of ketones is 1. The second-order valence-electron chi connectivity index (χ2n) is 8.28. The van der Waals surface area contributed by atoms with Crippen molar-refractivity contribution in [3.8, 4) is 5.75 Å². The number of nitrogens with one attached hydrogen (secondary N) is 1. The van der Waals surface area contributed by atoms with Crippen molar-refractivity contribution in [1.29, 1.82) is 0 Å². The van der Waals surface area contributed by atoms with E-state index in [1.807, 2.05) is 38.1 Å². The van der Waals surface area contributed by atoms with Gasteiger partial charge >= 0.3 is 0 Å². The minimum atomic E-state index is -3.62. The first-order valence-corrected chi connectivity index (χ1v) is 11.0. The summed E-state index contributed by atoms with van der Waals surface area (Å²) in [6.45, 7) is 4.19. The number of hydrogen-bond donors (Lipinski definition) is 1. The summed E-state index contributed by atoms with van der Waals surface area (Å²) in [6, 6.07) is 7.36. The molecule has 3 unspecified atom stereocenters. The van der Waals surface area contributed by atoms with E-state index in [-0.39, 0.29) is 23.5 Å². The van der Waals surface area contributed by atoms with Crippen LogP contribution in [0.1, 0.15) is 44.8 Å².